The number of nitrogens with zero attached hydrogens (tertiary/aromatic N) is 1. The Morgan fingerprint density at radius 3 is 2.12 bits per heavy atom. The van der Waals surface area contributed by atoms with Crippen molar-refractivity contribution in [2.45, 2.75) is 43.8 Å². The van der Waals surface area contributed by atoms with Gasteiger partial charge in [0.25, 0.3) is 0 Å². The van der Waals surface area contributed by atoms with Crippen LogP contribution in [0.25, 0.3) is 11.1 Å². The van der Waals surface area contributed by atoms with Gasteiger partial charge in [-0.1, -0.05) is 12.1 Å². The molecule has 2 aromatic carbocycles. The lowest BCUT2D eigenvalue weighted by molar-refractivity contribution is -0.132. The number of phenolic OH excluding ortho intramolecular Hbond substituents is 2. The Morgan fingerprint density at radius 2 is 1.55 bits per heavy atom. The van der Waals surface area contributed by atoms with E-state index in [1.807, 2.05) is 25.1 Å². The van der Waals surface area contributed by atoms with E-state index in [0.717, 1.165) is 11.1 Å². The number of phenols is 2. The molecule has 40 heavy (non-hydrogen) atoms. The molecule has 0 saturated heterocycles. The molecule has 0 aromatic heterocycles. The van der Waals surface area contributed by atoms with Crippen molar-refractivity contribution in [3.05, 3.63) is 47.5 Å². The lowest BCUT2D eigenvalue weighted by Crippen LogP contribution is -2.57. The van der Waals surface area contributed by atoms with E-state index in [4.69, 9.17) is 0 Å². The van der Waals surface area contributed by atoms with Crippen molar-refractivity contribution in [1.82, 2.24) is 31.5 Å². The van der Waals surface area contributed by atoms with Gasteiger partial charge in [-0.15, -0.1) is 0 Å². The van der Waals surface area contributed by atoms with E-state index >= 15 is 0 Å². The molecular formula is C29H42N6O5. The first-order valence-corrected chi connectivity index (χ1v) is 13.6. The largest absolute Gasteiger partial charge is 0.508 e. The van der Waals surface area contributed by atoms with Crippen LogP contribution in [0.4, 0.5) is 0 Å². The van der Waals surface area contributed by atoms with Crippen molar-refractivity contribution in [2.75, 3.05) is 47.8 Å². The number of fused-ring (bicyclic) bond motifs is 5. The van der Waals surface area contributed by atoms with Crippen molar-refractivity contribution < 1.29 is 24.6 Å². The third-order valence-electron chi connectivity index (χ3n) is 7.05. The normalized spacial score (nSPS) is 19.8. The molecule has 1 heterocycles. The summed E-state index contributed by atoms with van der Waals surface area (Å²) in [4.78, 5) is 42.1. The van der Waals surface area contributed by atoms with E-state index in [0.29, 0.717) is 43.6 Å². The number of aromatic hydroxyl groups is 2. The van der Waals surface area contributed by atoms with E-state index in [1.165, 1.54) is 0 Å². The summed E-state index contributed by atoms with van der Waals surface area (Å²) in [5.41, 5.74) is 2.59. The van der Waals surface area contributed by atoms with Gasteiger partial charge < -0.3 is 41.7 Å². The maximum Gasteiger partial charge on any atom is 0.243 e. The Kier molecular flexibility index (Phi) is 11.3. The minimum atomic E-state index is -0.986. The Labute approximate surface area is 235 Å². The van der Waals surface area contributed by atoms with Crippen LogP contribution in [0.15, 0.2) is 36.4 Å². The second-order valence-corrected chi connectivity index (χ2v) is 10.4. The average molecular weight is 555 g/mol. The minimum Gasteiger partial charge on any atom is -0.508 e. The molecule has 2 aromatic rings. The first-order valence-electron chi connectivity index (χ1n) is 13.6. The highest BCUT2D eigenvalue weighted by molar-refractivity contribution is 5.93. The van der Waals surface area contributed by atoms with Gasteiger partial charge in [-0.2, -0.15) is 0 Å². The molecule has 7 N–H and O–H groups in total. The van der Waals surface area contributed by atoms with Crippen molar-refractivity contribution >= 4 is 17.7 Å². The zero-order valence-electron chi connectivity index (χ0n) is 23.7. The topological polar surface area (TPSA) is 155 Å². The smallest absolute Gasteiger partial charge is 0.243 e. The number of rotatable bonds is 9. The van der Waals surface area contributed by atoms with Gasteiger partial charge in [0.05, 0.1) is 6.04 Å². The average Bonchev–Trinajstić information content (AvgIpc) is 2.92. The number of nitrogens with one attached hydrogen (secondary N) is 5. The maximum atomic E-state index is 13.5. The Bertz CT molecular complexity index is 1190. The summed E-state index contributed by atoms with van der Waals surface area (Å²) >= 11 is 0. The summed E-state index contributed by atoms with van der Waals surface area (Å²) in [6.07, 6.45) is 1.20. The number of hydrogen-bond donors (Lipinski definition) is 7. The van der Waals surface area contributed by atoms with Gasteiger partial charge in [0, 0.05) is 25.9 Å². The van der Waals surface area contributed by atoms with Crippen LogP contribution in [0.1, 0.15) is 24.0 Å². The third kappa shape index (κ3) is 8.41. The summed E-state index contributed by atoms with van der Waals surface area (Å²) in [5.74, 6) is -1.21. The molecule has 3 rings (SSSR count). The lowest BCUT2D eigenvalue weighted by Gasteiger charge is -2.25. The molecule has 3 amide bonds. The minimum absolute atomic E-state index is 0.00142. The van der Waals surface area contributed by atoms with Crippen molar-refractivity contribution in [1.29, 1.82) is 0 Å². The predicted octanol–water partition coefficient (Wildman–Crippen LogP) is 0.0984. The van der Waals surface area contributed by atoms with Crippen LogP contribution in [0, 0.1) is 0 Å². The van der Waals surface area contributed by atoms with E-state index < -0.39 is 29.9 Å². The molecule has 3 atom stereocenters. The number of hydrogen-bond acceptors (Lipinski definition) is 8. The lowest BCUT2D eigenvalue weighted by atomic mass is 9.95. The molecule has 1 aliphatic heterocycles. The SMILES string of the molecule is CNCCC[C@@H]1NC(=O)[C@@H](NC)Cc2cc(ccc2O)-c2ccc(O)c(c2)C[C@@H](C(=O)NCCN(C)C)NC1=O. The first-order chi connectivity index (χ1) is 19.1. The highest BCUT2D eigenvalue weighted by Crippen LogP contribution is 2.31. The van der Waals surface area contributed by atoms with E-state index in [2.05, 4.69) is 26.6 Å². The summed E-state index contributed by atoms with van der Waals surface area (Å²) in [6.45, 7) is 1.64. The predicted molar refractivity (Wildman–Crippen MR) is 154 cm³/mol. The zero-order chi connectivity index (χ0) is 29.2. The Hall–Kier alpha value is -3.67. The quantitative estimate of drug-likeness (QED) is 0.215. The highest BCUT2D eigenvalue weighted by atomic mass is 16.3. The van der Waals surface area contributed by atoms with E-state index in [1.54, 1.807) is 44.4 Å². The molecule has 0 radical (unpaired) electrons. The van der Waals surface area contributed by atoms with Gasteiger partial charge in [0.1, 0.15) is 23.6 Å². The van der Waals surface area contributed by atoms with Gasteiger partial charge in [-0.25, -0.2) is 0 Å². The molecule has 1 aliphatic rings. The van der Waals surface area contributed by atoms with Crippen LogP contribution in [0.2, 0.25) is 0 Å². The number of benzene rings is 2. The van der Waals surface area contributed by atoms with Gasteiger partial charge in [0.2, 0.25) is 17.7 Å². The summed E-state index contributed by atoms with van der Waals surface area (Å²) in [7, 11) is 7.25. The second-order valence-electron chi connectivity index (χ2n) is 10.4. The molecule has 0 fully saturated rings. The fourth-order valence-corrected chi connectivity index (χ4v) is 4.65. The second kappa shape index (κ2) is 14.6. The molecule has 0 unspecified atom stereocenters. The number of carbonyl (C=O) groups excluding carboxylic acids is 3. The molecule has 0 aliphatic carbocycles. The van der Waals surface area contributed by atoms with Crippen molar-refractivity contribution in [3.63, 3.8) is 0 Å². The fourth-order valence-electron chi connectivity index (χ4n) is 4.65. The number of amides is 3. The van der Waals surface area contributed by atoms with E-state index in [-0.39, 0.29) is 30.2 Å². The molecule has 218 valence electrons. The third-order valence-corrected chi connectivity index (χ3v) is 7.05. The van der Waals surface area contributed by atoms with Crippen molar-refractivity contribution in [2.24, 2.45) is 0 Å². The van der Waals surface area contributed by atoms with Gasteiger partial charge in [0.15, 0.2) is 0 Å². The maximum absolute atomic E-state index is 13.5. The fraction of sp³-hybridized carbons (Fsp3) is 0.483. The van der Waals surface area contributed by atoms with Crippen LogP contribution >= 0.6 is 0 Å². The van der Waals surface area contributed by atoms with Crippen LogP contribution in [-0.2, 0) is 27.2 Å². The van der Waals surface area contributed by atoms with Crippen LogP contribution in [-0.4, -0.2) is 98.8 Å². The standard InChI is InChI=1S/C29H42N6O5/c1-30-11-5-6-22-28(39)34-24(27(38)32-12-13-35(3)4)17-21-15-19(8-10-26(21)37)18-7-9-25(36)20(14-18)16-23(31-2)29(40)33-22/h7-10,14-15,22-24,30-31,36-37H,5-6,11-13,16-17H2,1-4H3,(H,32,38)(H,33,40)(H,34,39)/t22-,23-,24-/m0/s1. The molecule has 0 spiro atoms. The molecule has 0 saturated carbocycles. The van der Waals surface area contributed by atoms with E-state index in [9.17, 15) is 24.6 Å². The summed E-state index contributed by atoms with van der Waals surface area (Å²) < 4.78 is 0. The summed E-state index contributed by atoms with van der Waals surface area (Å²) in [6, 6.07) is 7.63. The number of likely N-dealkylation sites (N-methyl/N-ethyl adjacent to an activating group) is 2. The van der Waals surface area contributed by atoms with Crippen molar-refractivity contribution in [3.8, 4) is 22.6 Å². The Balaban J connectivity index is 2.05. The Morgan fingerprint density at radius 1 is 0.925 bits per heavy atom. The monoisotopic (exact) mass is 554 g/mol. The number of carbonyl (C=O) groups is 3. The molecule has 11 heteroatoms. The van der Waals surface area contributed by atoms with Gasteiger partial charge in [-0.05, 0) is 94.1 Å². The zero-order valence-corrected chi connectivity index (χ0v) is 23.7. The van der Waals surface area contributed by atoms with Crippen LogP contribution < -0.4 is 26.6 Å². The first kappa shape index (κ1) is 30.9. The molecular weight excluding hydrogens is 512 g/mol. The molecule has 11 nitrogen and oxygen atoms in total. The summed E-state index contributed by atoms with van der Waals surface area (Å²) in [5, 5.41) is 35.8. The van der Waals surface area contributed by atoms with Crippen LogP contribution in [0.3, 0.4) is 0 Å². The van der Waals surface area contributed by atoms with Crippen LogP contribution in [0.5, 0.6) is 11.5 Å². The highest BCUT2D eigenvalue weighted by Gasteiger charge is 2.30. The van der Waals surface area contributed by atoms with Gasteiger partial charge >= 0.3 is 0 Å². The molecule has 4 bridgehead atoms. The van der Waals surface area contributed by atoms with Gasteiger partial charge in [-0.3, -0.25) is 14.4 Å².